The molecular weight excluding hydrogens is 114 g/mol. The van der Waals surface area contributed by atoms with E-state index < -0.39 is 0 Å². The highest BCUT2D eigenvalue weighted by atomic mass is 16.3. The molecule has 1 rings (SSSR count). The van der Waals surface area contributed by atoms with Crippen LogP contribution in [0.25, 0.3) is 0 Å². The third-order valence-electron chi connectivity index (χ3n) is 2.19. The van der Waals surface area contributed by atoms with Crippen molar-refractivity contribution in [3.05, 3.63) is 0 Å². The van der Waals surface area contributed by atoms with Crippen LogP contribution in [-0.4, -0.2) is 17.3 Å². The van der Waals surface area contributed by atoms with Gasteiger partial charge in [-0.15, -0.1) is 0 Å². The number of rotatable bonds is 0. The van der Waals surface area contributed by atoms with Crippen LogP contribution in [0, 0.1) is 5.92 Å². The molecule has 0 heterocycles. The molecule has 0 amide bonds. The third-order valence-corrected chi connectivity index (χ3v) is 2.19. The Morgan fingerprint density at radius 3 is 2.56 bits per heavy atom. The van der Waals surface area contributed by atoms with E-state index in [4.69, 9.17) is 5.73 Å². The van der Waals surface area contributed by atoms with Crippen LogP contribution in [0.4, 0.5) is 0 Å². The van der Waals surface area contributed by atoms with E-state index in [0.29, 0.717) is 5.92 Å². The molecular formula is C7H15NO. The fourth-order valence-corrected chi connectivity index (χ4v) is 1.33. The number of hydrogen-bond acceptors (Lipinski definition) is 2. The fraction of sp³-hybridized carbons (Fsp3) is 1.00. The lowest BCUT2D eigenvalue weighted by molar-refractivity contribution is 0.0708. The second-order valence-corrected chi connectivity index (χ2v) is 3.12. The minimum Gasteiger partial charge on any atom is -0.393 e. The maximum absolute atomic E-state index is 9.27. The Balaban J connectivity index is 2.35. The molecule has 0 aromatic rings. The average Bonchev–Trinajstić information content (AvgIpc) is 1.80. The van der Waals surface area contributed by atoms with E-state index in [1.807, 2.05) is 0 Å². The molecule has 54 valence electrons. The molecule has 1 fully saturated rings. The van der Waals surface area contributed by atoms with Gasteiger partial charge in [0, 0.05) is 6.04 Å². The highest BCUT2D eigenvalue weighted by Gasteiger charge is 2.22. The van der Waals surface area contributed by atoms with Crippen molar-refractivity contribution >= 4 is 0 Å². The zero-order chi connectivity index (χ0) is 6.85. The Morgan fingerprint density at radius 1 is 1.44 bits per heavy atom. The Kier molecular flexibility index (Phi) is 2.09. The monoisotopic (exact) mass is 129 g/mol. The summed E-state index contributed by atoms with van der Waals surface area (Å²) in [5.41, 5.74) is 5.63. The summed E-state index contributed by atoms with van der Waals surface area (Å²) in [6, 6.07) is 0.246. The summed E-state index contributed by atoms with van der Waals surface area (Å²) in [5.74, 6) is 0.463. The molecule has 0 aromatic carbocycles. The third kappa shape index (κ3) is 1.66. The quantitative estimate of drug-likeness (QED) is 0.500. The van der Waals surface area contributed by atoms with Crippen molar-refractivity contribution in [3.63, 3.8) is 0 Å². The molecule has 0 aromatic heterocycles. The van der Waals surface area contributed by atoms with E-state index in [1.165, 1.54) is 0 Å². The van der Waals surface area contributed by atoms with Gasteiger partial charge in [-0.1, -0.05) is 6.92 Å². The summed E-state index contributed by atoms with van der Waals surface area (Å²) in [5, 5.41) is 9.27. The maximum Gasteiger partial charge on any atom is 0.0580 e. The summed E-state index contributed by atoms with van der Waals surface area (Å²) in [7, 11) is 0. The summed E-state index contributed by atoms with van der Waals surface area (Å²) in [6.07, 6.45) is 2.82. The van der Waals surface area contributed by atoms with Gasteiger partial charge in [0.1, 0.15) is 0 Å². The van der Waals surface area contributed by atoms with E-state index in [2.05, 4.69) is 6.92 Å². The lowest BCUT2D eigenvalue weighted by atomic mass is 9.85. The molecule has 1 saturated carbocycles. The second kappa shape index (κ2) is 2.67. The highest BCUT2D eigenvalue weighted by molar-refractivity contribution is 4.78. The van der Waals surface area contributed by atoms with E-state index >= 15 is 0 Å². The van der Waals surface area contributed by atoms with Gasteiger partial charge in [0.05, 0.1) is 6.10 Å². The SMILES string of the molecule is CC1CCC(N)C[C@H]1O. The highest BCUT2D eigenvalue weighted by Crippen LogP contribution is 2.22. The van der Waals surface area contributed by atoms with Gasteiger partial charge in [0.15, 0.2) is 0 Å². The second-order valence-electron chi connectivity index (χ2n) is 3.12. The van der Waals surface area contributed by atoms with E-state index in [1.54, 1.807) is 0 Å². The zero-order valence-corrected chi connectivity index (χ0v) is 5.88. The van der Waals surface area contributed by atoms with Crippen LogP contribution in [0.5, 0.6) is 0 Å². The van der Waals surface area contributed by atoms with Crippen molar-refractivity contribution in [1.82, 2.24) is 0 Å². The van der Waals surface area contributed by atoms with Crippen LogP contribution in [0.15, 0.2) is 0 Å². The van der Waals surface area contributed by atoms with Crippen LogP contribution in [0.1, 0.15) is 26.2 Å². The van der Waals surface area contributed by atoms with Crippen molar-refractivity contribution in [1.29, 1.82) is 0 Å². The Bertz CT molecular complexity index is 94.9. The van der Waals surface area contributed by atoms with Crippen molar-refractivity contribution in [3.8, 4) is 0 Å². The van der Waals surface area contributed by atoms with Gasteiger partial charge in [-0.2, -0.15) is 0 Å². The van der Waals surface area contributed by atoms with Crippen LogP contribution >= 0.6 is 0 Å². The van der Waals surface area contributed by atoms with Crippen LogP contribution in [0.2, 0.25) is 0 Å². The van der Waals surface area contributed by atoms with Crippen molar-refractivity contribution in [2.75, 3.05) is 0 Å². The van der Waals surface area contributed by atoms with Crippen LogP contribution in [0.3, 0.4) is 0 Å². The average molecular weight is 129 g/mol. The normalized spacial score (nSPS) is 45.0. The number of aliphatic hydroxyl groups is 1. The van der Waals surface area contributed by atoms with E-state index in [0.717, 1.165) is 19.3 Å². The van der Waals surface area contributed by atoms with Gasteiger partial charge < -0.3 is 10.8 Å². The predicted octanol–water partition coefficient (Wildman–Crippen LogP) is 0.495. The molecule has 0 radical (unpaired) electrons. The number of nitrogens with two attached hydrogens (primary N) is 1. The lowest BCUT2D eigenvalue weighted by Gasteiger charge is -2.28. The first-order chi connectivity index (χ1) is 4.20. The summed E-state index contributed by atoms with van der Waals surface area (Å²) < 4.78 is 0. The smallest absolute Gasteiger partial charge is 0.0580 e. The van der Waals surface area contributed by atoms with Gasteiger partial charge in [0.25, 0.3) is 0 Å². The molecule has 1 aliphatic rings. The zero-order valence-electron chi connectivity index (χ0n) is 5.88. The molecule has 2 heteroatoms. The topological polar surface area (TPSA) is 46.2 Å². The molecule has 3 atom stereocenters. The molecule has 1 aliphatic carbocycles. The first-order valence-electron chi connectivity index (χ1n) is 3.64. The standard InChI is InChI=1S/C7H15NO/c1-5-2-3-6(8)4-7(5)9/h5-7,9H,2-4,8H2,1H3/t5?,6?,7-/m1/s1. The maximum atomic E-state index is 9.27. The minimum atomic E-state index is -0.145. The summed E-state index contributed by atoms with van der Waals surface area (Å²) in [4.78, 5) is 0. The Labute approximate surface area is 56.1 Å². The van der Waals surface area contributed by atoms with Crippen LogP contribution < -0.4 is 5.73 Å². The van der Waals surface area contributed by atoms with Crippen LogP contribution in [-0.2, 0) is 0 Å². The lowest BCUT2D eigenvalue weighted by Crippen LogP contribution is -2.35. The molecule has 0 bridgehead atoms. The van der Waals surface area contributed by atoms with Gasteiger partial charge in [-0.05, 0) is 25.2 Å². The van der Waals surface area contributed by atoms with Gasteiger partial charge in [-0.3, -0.25) is 0 Å². The molecule has 2 nitrogen and oxygen atoms in total. The summed E-state index contributed by atoms with van der Waals surface area (Å²) >= 11 is 0. The molecule has 3 N–H and O–H groups in total. The van der Waals surface area contributed by atoms with Gasteiger partial charge in [0.2, 0.25) is 0 Å². The number of hydrogen-bond donors (Lipinski definition) is 2. The molecule has 0 saturated heterocycles. The predicted molar refractivity (Wildman–Crippen MR) is 37.0 cm³/mol. The fourth-order valence-electron chi connectivity index (χ4n) is 1.33. The van der Waals surface area contributed by atoms with Gasteiger partial charge in [-0.25, -0.2) is 0 Å². The van der Waals surface area contributed by atoms with Crippen molar-refractivity contribution in [2.24, 2.45) is 11.7 Å². The molecule has 2 unspecified atom stereocenters. The minimum absolute atomic E-state index is 0.145. The first kappa shape index (κ1) is 7.03. The van der Waals surface area contributed by atoms with E-state index in [9.17, 15) is 5.11 Å². The Morgan fingerprint density at radius 2 is 2.11 bits per heavy atom. The van der Waals surface area contributed by atoms with Crippen molar-refractivity contribution < 1.29 is 5.11 Å². The molecule has 0 aliphatic heterocycles. The molecule has 0 spiro atoms. The largest absolute Gasteiger partial charge is 0.393 e. The first-order valence-corrected chi connectivity index (χ1v) is 3.64. The van der Waals surface area contributed by atoms with Crippen molar-refractivity contribution in [2.45, 2.75) is 38.3 Å². The van der Waals surface area contributed by atoms with E-state index in [-0.39, 0.29) is 12.1 Å². The molecule has 9 heavy (non-hydrogen) atoms. The Hall–Kier alpha value is -0.0800. The number of aliphatic hydroxyl groups excluding tert-OH is 1. The summed E-state index contributed by atoms with van der Waals surface area (Å²) in [6.45, 7) is 2.08. The van der Waals surface area contributed by atoms with Gasteiger partial charge >= 0.3 is 0 Å².